The molecule has 7 N–H and O–H groups in total. The second kappa shape index (κ2) is 7.74. The number of hydrogen-bond donors (Lipinski definition) is 4. The summed E-state index contributed by atoms with van der Waals surface area (Å²) in [5.41, 5.74) is 18.6. The Labute approximate surface area is 160 Å². The Bertz CT molecular complexity index is 1010. The number of amides is 2. The van der Waals surface area contributed by atoms with Gasteiger partial charge in [-0.1, -0.05) is 19.1 Å². The molecule has 0 saturated carbocycles. The molecule has 0 bridgehead atoms. The highest BCUT2D eigenvalue weighted by atomic mass is 16.1. The van der Waals surface area contributed by atoms with Crippen LogP contribution in [0.15, 0.2) is 43.0 Å². The lowest BCUT2D eigenvalue weighted by Crippen LogP contribution is -2.35. The van der Waals surface area contributed by atoms with Crippen LogP contribution in [0.2, 0.25) is 0 Å². The standard InChI is InChI=1S/C18H20N8O2/c1-2-12(16(20)27)24-14-7-22-15(17(21)28)18(25-14)26-8-13(23-9-26)10-3-5-11(19)6-4-10/h3-9,12H,2,19H2,1H3,(H2,20,27)(H2,21,28)(H,24,25). The Morgan fingerprint density at radius 1 is 1.18 bits per heavy atom. The van der Waals surface area contributed by atoms with Crippen LogP contribution in [0.3, 0.4) is 0 Å². The number of imidazole rings is 1. The van der Waals surface area contributed by atoms with Gasteiger partial charge in [0.05, 0.1) is 11.9 Å². The molecule has 2 amide bonds. The van der Waals surface area contributed by atoms with Crippen LogP contribution in [0, 0.1) is 0 Å². The van der Waals surface area contributed by atoms with E-state index in [1.54, 1.807) is 18.3 Å². The first-order valence-corrected chi connectivity index (χ1v) is 8.52. The summed E-state index contributed by atoms with van der Waals surface area (Å²) in [5, 5.41) is 2.90. The molecule has 28 heavy (non-hydrogen) atoms. The van der Waals surface area contributed by atoms with E-state index in [1.165, 1.54) is 17.1 Å². The van der Waals surface area contributed by atoms with Crippen molar-refractivity contribution in [1.82, 2.24) is 19.5 Å². The number of primary amides is 2. The molecule has 0 aliphatic heterocycles. The third-order valence-electron chi connectivity index (χ3n) is 4.09. The van der Waals surface area contributed by atoms with Crippen LogP contribution in [-0.2, 0) is 4.79 Å². The maximum Gasteiger partial charge on any atom is 0.271 e. The van der Waals surface area contributed by atoms with Gasteiger partial charge >= 0.3 is 0 Å². The number of aromatic nitrogens is 4. The van der Waals surface area contributed by atoms with E-state index in [0.29, 0.717) is 17.8 Å². The lowest BCUT2D eigenvalue weighted by atomic mass is 10.1. The van der Waals surface area contributed by atoms with E-state index in [1.807, 2.05) is 19.1 Å². The molecule has 0 aliphatic carbocycles. The summed E-state index contributed by atoms with van der Waals surface area (Å²) >= 11 is 0. The van der Waals surface area contributed by atoms with Crippen molar-refractivity contribution in [3.63, 3.8) is 0 Å². The molecular formula is C18H20N8O2. The molecule has 10 heteroatoms. The highest BCUT2D eigenvalue weighted by Gasteiger charge is 2.18. The molecule has 144 valence electrons. The van der Waals surface area contributed by atoms with Crippen LogP contribution in [0.4, 0.5) is 11.5 Å². The van der Waals surface area contributed by atoms with E-state index < -0.39 is 17.9 Å². The number of nitrogens with zero attached hydrogens (tertiary/aromatic N) is 4. The minimum atomic E-state index is -0.737. The van der Waals surface area contributed by atoms with Gasteiger partial charge in [0.2, 0.25) is 5.91 Å². The third kappa shape index (κ3) is 3.90. The van der Waals surface area contributed by atoms with Crippen molar-refractivity contribution < 1.29 is 9.59 Å². The highest BCUT2D eigenvalue weighted by Crippen LogP contribution is 2.21. The van der Waals surface area contributed by atoms with Gasteiger partial charge in [-0.3, -0.25) is 14.2 Å². The maximum atomic E-state index is 11.8. The van der Waals surface area contributed by atoms with Crippen LogP contribution in [0.1, 0.15) is 23.8 Å². The van der Waals surface area contributed by atoms with Crippen LogP contribution in [-0.4, -0.2) is 37.4 Å². The monoisotopic (exact) mass is 380 g/mol. The summed E-state index contributed by atoms with van der Waals surface area (Å²) in [6.45, 7) is 1.81. The predicted octanol–water partition coefficient (Wildman–Crippen LogP) is 0.686. The van der Waals surface area contributed by atoms with Gasteiger partial charge in [-0.25, -0.2) is 15.0 Å². The third-order valence-corrected chi connectivity index (χ3v) is 4.09. The fraction of sp³-hybridized carbons (Fsp3) is 0.167. The summed E-state index contributed by atoms with van der Waals surface area (Å²) in [7, 11) is 0. The molecule has 0 radical (unpaired) electrons. The van der Waals surface area contributed by atoms with Gasteiger partial charge < -0.3 is 22.5 Å². The van der Waals surface area contributed by atoms with Gasteiger partial charge in [0.15, 0.2) is 11.5 Å². The topological polar surface area (TPSA) is 168 Å². The van der Waals surface area contributed by atoms with Crippen molar-refractivity contribution in [3.05, 3.63) is 48.7 Å². The summed E-state index contributed by atoms with van der Waals surface area (Å²) in [4.78, 5) is 36.0. The normalized spacial score (nSPS) is 11.8. The van der Waals surface area contributed by atoms with E-state index in [9.17, 15) is 9.59 Å². The Balaban J connectivity index is 1.99. The molecule has 3 aromatic rings. The number of nitrogens with two attached hydrogens (primary N) is 3. The number of benzene rings is 1. The Morgan fingerprint density at radius 3 is 2.50 bits per heavy atom. The Kier molecular flexibility index (Phi) is 5.21. The molecule has 0 spiro atoms. The van der Waals surface area contributed by atoms with Gasteiger partial charge in [0, 0.05) is 17.4 Å². The average Bonchev–Trinajstić information content (AvgIpc) is 3.16. The van der Waals surface area contributed by atoms with Crippen molar-refractivity contribution in [1.29, 1.82) is 0 Å². The zero-order valence-electron chi connectivity index (χ0n) is 15.2. The number of anilines is 2. The Morgan fingerprint density at radius 2 is 1.89 bits per heavy atom. The summed E-state index contributed by atoms with van der Waals surface area (Å²) in [5.74, 6) is -0.781. The fourth-order valence-electron chi connectivity index (χ4n) is 2.60. The fourth-order valence-corrected chi connectivity index (χ4v) is 2.60. The highest BCUT2D eigenvalue weighted by molar-refractivity contribution is 5.94. The van der Waals surface area contributed by atoms with Crippen molar-refractivity contribution in [2.45, 2.75) is 19.4 Å². The van der Waals surface area contributed by atoms with Crippen molar-refractivity contribution in [2.24, 2.45) is 11.5 Å². The zero-order valence-corrected chi connectivity index (χ0v) is 15.2. The zero-order chi connectivity index (χ0) is 20.3. The minimum absolute atomic E-state index is 0.0288. The second-order valence-electron chi connectivity index (χ2n) is 6.09. The van der Waals surface area contributed by atoms with Crippen LogP contribution >= 0.6 is 0 Å². The first kappa shape index (κ1) is 18.8. The molecule has 2 heterocycles. The lowest BCUT2D eigenvalue weighted by molar-refractivity contribution is -0.118. The van der Waals surface area contributed by atoms with E-state index >= 15 is 0 Å². The first-order valence-electron chi connectivity index (χ1n) is 8.52. The molecule has 0 aliphatic rings. The van der Waals surface area contributed by atoms with Crippen LogP contribution in [0.25, 0.3) is 17.1 Å². The Hall–Kier alpha value is -3.95. The van der Waals surface area contributed by atoms with Gasteiger partial charge in [0.1, 0.15) is 18.2 Å². The minimum Gasteiger partial charge on any atom is -0.399 e. The molecule has 1 unspecified atom stereocenters. The number of carbonyl (C=O) groups excluding carboxylic acids is 2. The number of rotatable bonds is 7. The quantitative estimate of drug-likeness (QED) is 0.437. The van der Waals surface area contributed by atoms with Gasteiger partial charge in [-0.15, -0.1) is 0 Å². The number of carbonyl (C=O) groups is 2. The predicted molar refractivity (Wildman–Crippen MR) is 104 cm³/mol. The summed E-state index contributed by atoms with van der Waals surface area (Å²) in [6.07, 6.45) is 4.98. The lowest BCUT2D eigenvalue weighted by Gasteiger charge is -2.15. The molecule has 0 saturated heterocycles. The molecule has 1 aromatic carbocycles. The largest absolute Gasteiger partial charge is 0.399 e. The number of nitrogen functional groups attached to an aromatic ring is 1. The van der Waals surface area contributed by atoms with Crippen molar-refractivity contribution >= 4 is 23.3 Å². The first-order chi connectivity index (χ1) is 13.4. The molecule has 1 atom stereocenters. The van der Waals surface area contributed by atoms with Crippen LogP contribution in [0.5, 0.6) is 0 Å². The summed E-state index contributed by atoms with van der Waals surface area (Å²) < 4.78 is 1.54. The molecule has 3 rings (SSSR count). The molecule has 10 nitrogen and oxygen atoms in total. The smallest absolute Gasteiger partial charge is 0.271 e. The molecule has 0 fully saturated rings. The van der Waals surface area contributed by atoms with Crippen LogP contribution < -0.4 is 22.5 Å². The maximum absolute atomic E-state index is 11.8. The van der Waals surface area contributed by atoms with Gasteiger partial charge in [-0.2, -0.15) is 0 Å². The SMILES string of the molecule is CCC(Nc1cnc(C(N)=O)c(-n2cnc(-c3ccc(N)cc3)c2)n1)C(N)=O. The van der Waals surface area contributed by atoms with E-state index in [0.717, 1.165) is 5.56 Å². The average molecular weight is 380 g/mol. The van der Waals surface area contributed by atoms with E-state index in [-0.39, 0.29) is 17.3 Å². The number of nitrogens with one attached hydrogen (secondary N) is 1. The van der Waals surface area contributed by atoms with Crippen molar-refractivity contribution in [2.75, 3.05) is 11.1 Å². The van der Waals surface area contributed by atoms with Gasteiger partial charge in [-0.05, 0) is 18.6 Å². The van der Waals surface area contributed by atoms with Gasteiger partial charge in [0.25, 0.3) is 5.91 Å². The second-order valence-corrected chi connectivity index (χ2v) is 6.09. The summed E-state index contributed by atoms with van der Waals surface area (Å²) in [6, 6.07) is 6.58. The van der Waals surface area contributed by atoms with E-state index in [4.69, 9.17) is 17.2 Å². The number of hydrogen-bond acceptors (Lipinski definition) is 7. The molecule has 2 aromatic heterocycles. The molecular weight excluding hydrogens is 360 g/mol. The van der Waals surface area contributed by atoms with Crippen molar-refractivity contribution in [3.8, 4) is 17.1 Å². The van der Waals surface area contributed by atoms with E-state index in [2.05, 4.69) is 20.3 Å².